The molecular weight excluding hydrogens is 335 g/mol. The van der Waals surface area contributed by atoms with Crippen LogP contribution in [0.1, 0.15) is 16.8 Å². The Bertz CT molecular complexity index is 867. The van der Waals surface area contributed by atoms with Crippen molar-refractivity contribution in [2.45, 2.75) is 19.7 Å². The van der Waals surface area contributed by atoms with Gasteiger partial charge in [-0.3, -0.25) is 0 Å². The van der Waals surface area contributed by atoms with Crippen LogP contribution in [0.5, 0.6) is 0 Å². The summed E-state index contributed by atoms with van der Waals surface area (Å²) in [6.45, 7) is 0.733. The van der Waals surface area contributed by atoms with Crippen LogP contribution >= 0.6 is 0 Å². The number of carbonyl (C=O) groups excluding carboxylic acids is 1. The number of amides is 1. The van der Waals surface area contributed by atoms with Gasteiger partial charge in [0.25, 0.3) is 0 Å². The zero-order chi connectivity index (χ0) is 18.4. The standard InChI is InChI=1S/C19H19FN4O2/c1-23(11-15-7-3-2-4-8-15)19(25)26-14-17-13-24(22-21-17)12-16-9-5-6-10-18(16)20/h2-10,13H,11-12,14H2,1H3. The molecule has 1 amide bonds. The molecule has 0 bridgehead atoms. The van der Waals surface area contributed by atoms with Crippen LogP contribution in [-0.2, 0) is 24.4 Å². The van der Waals surface area contributed by atoms with Crippen LogP contribution in [0.15, 0.2) is 60.8 Å². The second-order valence-corrected chi connectivity index (χ2v) is 5.90. The number of hydrogen-bond acceptors (Lipinski definition) is 4. The molecule has 0 saturated carbocycles. The van der Waals surface area contributed by atoms with E-state index in [0.717, 1.165) is 5.56 Å². The van der Waals surface area contributed by atoms with Gasteiger partial charge < -0.3 is 9.64 Å². The molecule has 0 saturated heterocycles. The molecule has 0 unspecified atom stereocenters. The van der Waals surface area contributed by atoms with E-state index in [2.05, 4.69) is 10.3 Å². The van der Waals surface area contributed by atoms with Crippen LogP contribution < -0.4 is 0 Å². The van der Waals surface area contributed by atoms with Gasteiger partial charge in [-0.1, -0.05) is 53.7 Å². The molecule has 0 radical (unpaired) electrons. The molecule has 0 atom stereocenters. The molecule has 0 aliphatic heterocycles. The summed E-state index contributed by atoms with van der Waals surface area (Å²) in [7, 11) is 1.67. The molecule has 3 aromatic rings. The topological polar surface area (TPSA) is 60.2 Å². The Morgan fingerprint density at radius 3 is 2.65 bits per heavy atom. The highest BCUT2D eigenvalue weighted by Crippen LogP contribution is 2.09. The summed E-state index contributed by atoms with van der Waals surface area (Å²) in [5.74, 6) is -0.293. The maximum atomic E-state index is 13.7. The first kappa shape index (κ1) is 17.6. The molecule has 0 fully saturated rings. The highest BCUT2D eigenvalue weighted by Gasteiger charge is 2.12. The van der Waals surface area contributed by atoms with Crippen molar-refractivity contribution in [3.8, 4) is 0 Å². The van der Waals surface area contributed by atoms with E-state index in [1.165, 1.54) is 15.6 Å². The zero-order valence-electron chi connectivity index (χ0n) is 14.4. The van der Waals surface area contributed by atoms with Crippen LogP contribution in [0.25, 0.3) is 0 Å². The Balaban J connectivity index is 1.51. The minimum absolute atomic E-state index is 0.00916. The number of carbonyl (C=O) groups is 1. The van der Waals surface area contributed by atoms with Gasteiger partial charge in [0.2, 0.25) is 0 Å². The Morgan fingerprint density at radius 1 is 1.15 bits per heavy atom. The van der Waals surface area contributed by atoms with Crippen molar-refractivity contribution in [1.82, 2.24) is 19.9 Å². The van der Waals surface area contributed by atoms with Crippen LogP contribution in [0, 0.1) is 5.82 Å². The van der Waals surface area contributed by atoms with Gasteiger partial charge in [-0.25, -0.2) is 13.9 Å². The van der Waals surface area contributed by atoms with E-state index in [1.54, 1.807) is 31.4 Å². The third kappa shape index (κ3) is 4.66. The lowest BCUT2D eigenvalue weighted by Crippen LogP contribution is -2.26. The lowest BCUT2D eigenvalue weighted by Gasteiger charge is -2.16. The molecule has 3 rings (SSSR count). The van der Waals surface area contributed by atoms with Crippen molar-refractivity contribution in [3.05, 3.63) is 83.4 Å². The molecule has 0 N–H and O–H groups in total. The number of rotatable bonds is 6. The maximum Gasteiger partial charge on any atom is 0.410 e. The van der Waals surface area contributed by atoms with Crippen molar-refractivity contribution >= 4 is 6.09 Å². The lowest BCUT2D eigenvalue weighted by atomic mass is 10.2. The second-order valence-electron chi connectivity index (χ2n) is 5.90. The average Bonchev–Trinajstić information content (AvgIpc) is 3.10. The quantitative estimate of drug-likeness (QED) is 0.682. The molecule has 0 aliphatic carbocycles. The van der Waals surface area contributed by atoms with Gasteiger partial charge in [0.05, 0.1) is 12.7 Å². The van der Waals surface area contributed by atoms with Crippen LogP contribution in [-0.4, -0.2) is 33.0 Å². The summed E-state index contributed by atoms with van der Waals surface area (Å²) in [6.07, 6.45) is 1.19. The van der Waals surface area contributed by atoms with Crippen molar-refractivity contribution in [2.24, 2.45) is 0 Å². The van der Waals surface area contributed by atoms with Crippen molar-refractivity contribution in [3.63, 3.8) is 0 Å². The Hall–Kier alpha value is -3.22. The first-order chi connectivity index (χ1) is 12.6. The normalized spacial score (nSPS) is 10.5. The highest BCUT2D eigenvalue weighted by atomic mass is 19.1. The number of halogens is 1. The fourth-order valence-electron chi connectivity index (χ4n) is 2.45. The number of hydrogen-bond donors (Lipinski definition) is 0. The van der Waals surface area contributed by atoms with Crippen LogP contribution in [0.3, 0.4) is 0 Å². The van der Waals surface area contributed by atoms with Gasteiger partial charge in [-0.05, 0) is 11.6 Å². The third-order valence-electron chi connectivity index (χ3n) is 3.79. The molecular formula is C19H19FN4O2. The van der Waals surface area contributed by atoms with Crippen molar-refractivity contribution in [2.75, 3.05) is 7.05 Å². The number of benzene rings is 2. The fraction of sp³-hybridized carbons (Fsp3) is 0.211. The molecule has 1 heterocycles. The van der Waals surface area contributed by atoms with Gasteiger partial charge in [0.15, 0.2) is 0 Å². The van der Waals surface area contributed by atoms with Gasteiger partial charge in [-0.2, -0.15) is 0 Å². The number of ether oxygens (including phenoxy) is 1. The molecule has 26 heavy (non-hydrogen) atoms. The summed E-state index contributed by atoms with van der Waals surface area (Å²) in [4.78, 5) is 13.5. The zero-order valence-corrected chi connectivity index (χ0v) is 14.4. The minimum atomic E-state index is -0.447. The molecule has 7 heteroatoms. The first-order valence-electron chi connectivity index (χ1n) is 8.16. The SMILES string of the molecule is CN(Cc1ccccc1)C(=O)OCc1cn(Cc2ccccc2F)nn1. The first-order valence-corrected chi connectivity index (χ1v) is 8.16. The lowest BCUT2D eigenvalue weighted by molar-refractivity contribution is 0.101. The van der Waals surface area contributed by atoms with Gasteiger partial charge >= 0.3 is 6.09 Å². The van der Waals surface area contributed by atoms with E-state index in [1.807, 2.05) is 30.3 Å². The molecule has 6 nitrogen and oxygen atoms in total. The molecule has 0 aliphatic rings. The maximum absolute atomic E-state index is 13.7. The molecule has 2 aromatic carbocycles. The number of aromatic nitrogens is 3. The van der Waals surface area contributed by atoms with E-state index < -0.39 is 6.09 Å². The predicted octanol–water partition coefficient (Wildman–Crippen LogP) is 3.23. The predicted molar refractivity (Wildman–Crippen MR) is 93.6 cm³/mol. The van der Waals surface area contributed by atoms with Gasteiger partial charge in [0.1, 0.15) is 18.1 Å². The van der Waals surface area contributed by atoms with Gasteiger partial charge in [-0.15, -0.1) is 5.10 Å². The van der Waals surface area contributed by atoms with E-state index >= 15 is 0 Å². The summed E-state index contributed by atoms with van der Waals surface area (Å²) in [6, 6.07) is 16.1. The Morgan fingerprint density at radius 2 is 1.88 bits per heavy atom. The second kappa shape index (κ2) is 8.24. The molecule has 0 spiro atoms. The molecule has 134 valence electrons. The summed E-state index contributed by atoms with van der Waals surface area (Å²) < 4.78 is 20.4. The van der Waals surface area contributed by atoms with Crippen LogP contribution in [0.4, 0.5) is 9.18 Å². The van der Waals surface area contributed by atoms with E-state index in [9.17, 15) is 9.18 Å². The smallest absolute Gasteiger partial charge is 0.410 e. The van der Waals surface area contributed by atoms with Crippen molar-refractivity contribution in [1.29, 1.82) is 0 Å². The minimum Gasteiger partial charge on any atom is -0.443 e. The Kier molecular flexibility index (Phi) is 5.58. The summed E-state index contributed by atoms with van der Waals surface area (Å²) in [5.41, 5.74) is 2.04. The van der Waals surface area contributed by atoms with Crippen molar-refractivity contribution < 1.29 is 13.9 Å². The summed E-state index contributed by atoms with van der Waals surface area (Å²) >= 11 is 0. The van der Waals surface area contributed by atoms with E-state index in [-0.39, 0.29) is 19.0 Å². The third-order valence-corrected chi connectivity index (χ3v) is 3.79. The monoisotopic (exact) mass is 354 g/mol. The Labute approximate surface area is 150 Å². The van der Waals surface area contributed by atoms with Crippen LogP contribution in [0.2, 0.25) is 0 Å². The average molecular weight is 354 g/mol. The fourth-order valence-corrected chi connectivity index (χ4v) is 2.45. The molecule has 1 aromatic heterocycles. The number of nitrogens with zero attached hydrogens (tertiary/aromatic N) is 4. The summed E-state index contributed by atoms with van der Waals surface area (Å²) in [5, 5.41) is 7.89. The van der Waals surface area contributed by atoms with E-state index in [4.69, 9.17) is 4.74 Å². The largest absolute Gasteiger partial charge is 0.443 e. The van der Waals surface area contributed by atoms with E-state index in [0.29, 0.717) is 17.8 Å². The van der Waals surface area contributed by atoms with Gasteiger partial charge in [0, 0.05) is 19.2 Å². The highest BCUT2D eigenvalue weighted by molar-refractivity contribution is 5.67.